The number of likely N-dealkylation sites (tertiary alicyclic amines) is 1. The highest BCUT2D eigenvalue weighted by atomic mass is 15.3. The van der Waals surface area contributed by atoms with Gasteiger partial charge in [0.1, 0.15) is 11.6 Å². The number of anilines is 1. The molecule has 100 valence electrons. The molecule has 3 N–H and O–H groups in total. The summed E-state index contributed by atoms with van der Waals surface area (Å²) < 4.78 is 0. The van der Waals surface area contributed by atoms with E-state index in [0.717, 1.165) is 24.6 Å². The Morgan fingerprint density at radius 2 is 2.28 bits per heavy atom. The lowest BCUT2D eigenvalue weighted by Crippen LogP contribution is -2.33. The molecular weight excluding hydrogens is 226 g/mol. The lowest BCUT2D eigenvalue weighted by atomic mass is 10.0. The van der Waals surface area contributed by atoms with Gasteiger partial charge in [-0.2, -0.15) is 0 Å². The van der Waals surface area contributed by atoms with Crippen molar-refractivity contribution in [1.29, 1.82) is 0 Å². The van der Waals surface area contributed by atoms with Gasteiger partial charge >= 0.3 is 0 Å². The number of hydrazine groups is 1. The van der Waals surface area contributed by atoms with Gasteiger partial charge in [0.2, 0.25) is 0 Å². The Kier molecular flexibility index (Phi) is 4.14. The maximum atomic E-state index is 5.42. The fourth-order valence-electron chi connectivity index (χ4n) is 2.76. The standard InChI is InChI=1S/C13H23N5/c1-9(2)11-5-4-6-18(11)8-13-15-10(3)7-12(16-13)17-14/h7,9,11H,4-6,8,14H2,1-3H3,(H,15,16,17). The molecule has 2 heterocycles. The van der Waals surface area contributed by atoms with Crippen LogP contribution in [0.1, 0.15) is 38.2 Å². The third kappa shape index (κ3) is 2.97. The fourth-order valence-corrected chi connectivity index (χ4v) is 2.76. The van der Waals surface area contributed by atoms with E-state index in [0.29, 0.717) is 17.8 Å². The molecule has 0 aliphatic carbocycles. The van der Waals surface area contributed by atoms with Gasteiger partial charge in [-0.15, -0.1) is 0 Å². The van der Waals surface area contributed by atoms with Crippen molar-refractivity contribution in [2.45, 2.75) is 46.2 Å². The molecule has 1 unspecified atom stereocenters. The quantitative estimate of drug-likeness (QED) is 0.628. The Morgan fingerprint density at radius 3 is 2.94 bits per heavy atom. The lowest BCUT2D eigenvalue weighted by molar-refractivity contribution is 0.194. The van der Waals surface area contributed by atoms with Crippen LogP contribution in [0.3, 0.4) is 0 Å². The molecule has 1 aliphatic rings. The van der Waals surface area contributed by atoms with Crippen LogP contribution in [-0.4, -0.2) is 27.5 Å². The molecule has 0 aromatic carbocycles. The number of nitrogens with zero attached hydrogens (tertiary/aromatic N) is 3. The summed E-state index contributed by atoms with van der Waals surface area (Å²) in [6, 6.07) is 2.51. The van der Waals surface area contributed by atoms with Crippen molar-refractivity contribution in [2.75, 3.05) is 12.0 Å². The van der Waals surface area contributed by atoms with Crippen LogP contribution in [0.5, 0.6) is 0 Å². The molecule has 5 nitrogen and oxygen atoms in total. The van der Waals surface area contributed by atoms with E-state index in [9.17, 15) is 0 Å². The fraction of sp³-hybridized carbons (Fsp3) is 0.692. The molecule has 2 rings (SSSR count). The number of nitrogens with two attached hydrogens (primary N) is 1. The van der Waals surface area contributed by atoms with Crippen LogP contribution in [0.4, 0.5) is 5.82 Å². The monoisotopic (exact) mass is 249 g/mol. The highest BCUT2D eigenvalue weighted by molar-refractivity contribution is 5.33. The molecule has 1 aromatic heterocycles. The first-order valence-electron chi connectivity index (χ1n) is 6.65. The second kappa shape index (κ2) is 5.63. The number of hydrogen-bond acceptors (Lipinski definition) is 5. The second-order valence-corrected chi connectivity index (χ2v) is 5.38. The van der Waals surface area contributed by atoms with E-state index in [2.05, 4.69) is 34.1 Å². The highest BCUT2D eigenvalue weighted by Crippen LogP contribution is 2.25. The van der Waals surface area contributed by atoms with Gasteiger partial charge in [-0.3, -0.25) is 4.90 Å². The molecule has 1 fully saturated rings. The highest BCUT2D eigenvalue weighted by Gasteiger charge is 2.27. The van der Waals surface area contributed by atoms with E-state index >= 15 is 0 Å². The first kappa shape index (κ1) is 13.2. The minimum absolute atomic E-state index is 0.656. The zero-order valence-electron chi connectivity index (χ0n) is 11.5. The minimum Gasteiger partial charge on any atom is -0.308 e. The molecule has 1 saturated heterocycles. The van der Waals surface area contributed by atoms with Crippen LogP contribution in [0.25, 0.3) is 0 Å². The van der Waals surface area contributed by atoms with E-state index in [4.69, 9.17) is 5.84 Å². The van der Waals surface area contributed by atoms with Gasteiger partial charge in [0, 0.05) is 17.8 Å². The summed E-state index contributed by atoms with van der Waals surface area (Å²) in [6.07, 6.45) is 2.56. The first-order valence-corrected chi connectivity index (χ1v) is 6.65. The Morgan fingerprint density at radius 1 is 1.50 bits per heavy atom. The zero-order chi connectivity index (χ0) is 13.1. The molecule has 0 spiro atoms. The van der Waals surface area contributed by atoms with E-state index in [-0.39, 0.29) is 0 Å². The number of nitrogens with one attached hydrogen (secondary N) is 1. The van der Waals surface area contributed by atoms with Crippen molar-refractivity contribution in [1.82, 2.24) is 14.9 Å². The summed E-state index contributed by atoms with van der Waals surface area (Å²) in [5, 5.41) is 0. The van der Waals surface area contributed by atoms with E-state index in [1.807, 2.05) is 13.0 Å². The van der Waals surface area contributed by atoms with E-state index in [1.54, 1.807) is 0 Å². The van der Waals surface area contributed by atoms with Crippen molar-refractivity contribution in [3.63, 3.8) is 0 Å². The number of aryl methyl sites for hydroxylation is 1. The van der Waals surface area contributed by atoms with Gasteiger partial charge in [-0.05, 0) is 32.2 Å². The van der Waals surface area contributed by atoms with Crippen LogP contribution >= 0.6 is 0 Å². The van der Waals surface area contributed by atoms with Gasteiger partial charge in [0.05, 0.1) is 6.54 Å². The first-order chi connectivity index (χ1) is 8.60. The molecule has 1 aliphatic heterocycles. The van der Waals surface area contributed by atoms with E-state index in [1.165, 1.54) is 12.8 Å². The van der Waals surface area contributed by atoms with Crippen molar-refractivity contribution in [2.24, 2.45) is 11.8 Å². The van der Waals surface area contributed by atoms with Gasteiger partial charge in [0.25, 0.3) is 0 Å². The average Bonchev–Trinajstić information content (AvgIpc) is 2.76. The van der Waals surface area contributed by atoms with Gasteiger partial charge < -0.3 is 5.43 Å². The number of nitrogen functional groups attached to an aromatic ring is 1. The summed E-state index contributed by atoms with van der Waals surface area (Å²) in [7, 11) is 0. The molecule has 0 radical (unpaired) electrons. The molecule has 1 aromatic rings. The van der Waals surface area contributed by atoms with Crippen molar-refractivity contribution >= 4 is 5.82 Å². The van der Waals surface area contributed by atoms with Crippen LogP contribution < -0.4 is 11.3 Å². The number of hydrogen-bond donors (Lipinski definition) is 2. The van der Waals surface area contributed by atoms with Gasteiger partial charge in [0.15, 0.2) is 0 Å². The minimum atomic E-state index is 0.656. The third-order valence-corrected chi connectivity index (χ3v) is 3.58. The Labute approximate surface area is 109 Å². The van der Waals surface area contributed by atoms with Crippen molar-refractivity contribution in [3.05, 3.63) is 17.6 Å². The molecule has 0 saturated carbocycles. The maximum Gasteiger partial charge on any atom is 0.145 e. The summed E-state index contributed by atoms with van der Waals surface area (Å²) in [6.45, 7) is 8.50. The Balaban J connectivity index is 2.11. The average molecular weight is 249 g/mol. The summed E-state index contributed by atoms with van der Waals surface area (Å²) >= 11 is 0. The van der Waals surface area contributed by atoms with Gasteiger partial charge in [-0.1, -0.05) is 13.8 Å². The normalized spacial score (nSPS) is 20.6. The Hall–Kier alpha value is -1.20. The SMILES string of the molecule is Cc1cc(NN)nc(CN2CCCC2C(C)C)n1. The van der Waals surface area contributed by atoms with Crippen LogP contribution in [0.2, 0.25) is 0 Å². The topological polar surface area (TPSA) is 67.1 Å². The molecular formula is C13H23N5. The lowest BCUT2D eigenvalue weighted by Gasteiger charge is -2.26. The zero-order valence-corrected chi connectivity index (χ0v) is 11.5. The summed E-state index contributed by atoms with van der Waals surface area (Å²) in [5.41, 5.74) is 3.55. The third-order valence-electron chi connectivity index (χ3n) is 3.58. The molecule has 0 amide bonds. The number of aromatic nitrogens is 2. The predicted molar refractivity (Wildman–Crippen MR) is 72.8 cm³/mol. The molecule has 0 bridgehead atoms. The van der Waals surface area contributed by atoms with Crippen LogP contribution in [-0.2, 0) is 6.54 Å². The van der Waals surface area contributed by atoms with E-state index < -0.39 is 0 Å². The molecule has 18 heavy (non-hydrogen) atoms. The summed E-state index contributed by atoms with van der Waals surface area (Å²) in [5.74, 6) is 7.65. The Bertz CT molecular complexity index is 404. The van der Waals surface area contributed by atoms with Crippen LogP contribution in [0.15, 0.2) is 6.07 Å². The van der Waals surface area contributed by atoms with Crippen molar-refractivity contribution < 1.29 is 0 Å². The van der Waals surface area contributed by atoms with Gasteiger partial charge in [-0.25, -0.2) is 15.8 Å². The summed E-state index contributed by atoms with van der Waals surface area (Å²) in [4.78, 5) is 11.4. The molecule has 5 heteroatoms. The maximum absolute atomic E-state index is 5.42. The largest absolute Gasteiger partial charge is 0.308 e. The second-order valence-electron chi connectivity index (χ2n) is 5.38. The predicted octanol–water partition coefficient (Wildman–Crippen LogP) is 1.69. The number of rotatable bonds is 4. The van der Waals surface area contributed by atoms with Crippen molar-refractivity contribution in [3.8, 4) is 0 Å². The smallest absolute Gasteiger partial charge is 0.145 e. The van der Waals surface area contributed by atoms with Crippen LogP contribution in [0, 0.1) is 12.8 Å². The molecule has 1 atom stereocenters.